The van der Waals surface area contributed by atoms with Crippen LogP contribution >= 0.6 is 11.6 Å². The third-order valence-corrected chi connectivity index (χ3v) is 6.56. The van der Waals surface area contributed by atoms with Crippen LogP contribution in [0.4, 0.5) is 20.2 Å². The molecule has 2 aromatic carbocycles. The van der Waals surface area contributed by atoms with Crippen LogP contribution in [0, 0.1) is 0 Å². The van der Waals surface area contributed by atoms with Crippen LogP contribution in [0.25, 0.3) is 16.6 Å². The number of hydrogen-bond acceptors (Lipinski definition) is 5. The predicted octanol–water partition coefficient (Wildman–Crippen LogP) is 5.58. The molecule has 0 unspecified atom stereocenters. The zero-order chi connectivity index (χ0) is 25.2. The monoisotopic (exact) mass is 510 g/mol. The average molecular weight is 511 g/mol. The van der Waals surface area contributed by atoms with E-state index in [9.17, 15) is 8.78 Å². The molecule has 5 N–H and O–H groups in total. The van der Waals surface area contributed by atoms with Gasteiger partial charge in [-0.05, 0) is 55.2 Å². The minimum Gasteiger partial charge on any atom is -0.435 e. The van der Waals surface area contributed by atoms with E-state index in [0.29, 0.717) is 16.3 Å². The van der Waals surface area contributed by atoms with Gasteiger partial charge in [0.2, 0.25) is 0 Å². The lowest BCUT2D eigenvalue weighted by atomic mass is 10.1. The summed E-state index contributed by atoms with van der Waals surface area (Å²) < 4.78 is 31.2. The first-order chi connectivity index (χ1) is 17.4. The number of nitrogens with two attached hydrogens (primary N) is 2. The van der Waals surface area contributed by atoms with E-state index in [1.807, 2.05) is 24.4 Å². The second-order valence-electron chi connectivity index (χ2n) is 8.76. The highest BCUT2D eigenvalue weighted by atomic mass is 35.5. The van der Waals surface area contributed by atoms with Crippen LogP contribution < -0.4 is 21.5 Å². The van der Waals surface area contributed by atoms with Crippen LogP contribution in [0.1, 0.15) is 24.8 Å². The number of para-hydroxylation sites is 1. The van der Waals surface area contributed by atoms with Crippen LogP contribution in [0.3, 0.4) is 0 Å². The molecule has 2 atom stereocenters. The third kappa shape index (κ3) is 5.12. The van der Waals surface area contributed by atoms with Gasteiger partial charge in [0.05, 0.1) is 33.7 Å². The molecule has 36 heavy (non-hydrogen) atoms. The quantitative estimate of drug-likeness (QED) is 0.222. The molecular weight excluding hydrogens is 486 g/mol. The number of nitrogens with one attached hydrogen (secondary N) is 1. The molecule has 1 aliphatic rings. The molecule has 2 aromatic heterocycles. The van der Waals surface area contributed by atoms with Gasteiger partial charge in [-0.15, -0.1) is 0 Å². The normalized spacial score (nSPS) is 18.2. The van der Waals surface area contributed by atoms with Crippen molar-refractivity contribution in [2.45, 2.75) is 38.0 Å². The lowest BCUT2D eigenvalue weighted by molar-refractivity contribution is -0.0498. The second-order valence-corrected chi connectivity index (χ2v) is 9.16. The molecule has 7 nitrogen and oxygen atoms in total. The zero-order valence-corrected chi connectivity index (χ0v) is 20.0. The maximum Gasteiger partial charge on any atom is 0.387 e. The summed E-state index contributed by atoms with van der Waals surface area (Å²) in [5, 5.41) is 8.67. The molecule has 0 saturated heterocycles. The van der Waals surface area contributed by atoms with Crippen molar-refractivity contribution in [2.24, 2.45) is 16.5 Å². The summed E-state index contributed by atoms with van der Waals surface area (Å²) in [5.41, 5.74) is 17.1. The molecule has 4 aromatic rings. The molecule has 10 heteroatoms. The fourth-order valence-electron chi connectivity index (χ4n) is 4.47. The Balaban J connectivity index is 1.56. The van der Waals surface area contributed by atoms with Crippen LogP contribution in [0.5, 0.6) is 5.75 Å². The predicted molar refractivity (Wildman–Crippen MR) is 138 cm³/mol. The molecule has 1 saturated carbocycles. The Morgan fingerprint density at radius 2 is 1.92 bits per heavy atom. The van der Waals surface area contributed by atoms with E-state index < -0.39 is 6.61 Å². The van der Waals surface area contributed by atoms with Gasteiger partial charge in [0.1, 0.15) is 11.6 Å². The summed E-state index contributed by atoms with van der Waals surface area (Å²) in [4.78, 5) is 4.56. The van der Waals surface area contributed by atoms with Gasteiger partial charge in [0, 0.05) is 23.8 Å². The fraction of sp³-hybridized carbons (Fsp3) is 0.231. The van der Waals surface area contributed by atoms with Gasteiger partial charge in [-0.1, -0.05) is 35.9 Å². The maximum atomic E-state index is 12.5. The first-order valence-corrected chi connectivity index (χ1v) is 11.9. The number of fused-ring (bicyclic) bond motifs is 1. The van der Waals surface area contributed by atoms with Gasteiger partial charge < -0.3 is 21.5 Å². The first-order valence-electron chi connectivity index (χ1n) is 11.5. The van der Waals surface area contributed by atoms with E-state index in [4.69, 9.17) is 23.1 Å². The number of aromatic nitrogens is 2. The van der Waals surface area contributed by atoms with E-state index in [2.05, 4.69) is 20.1 Å². The maximum absolute atomic E-state index is 12.5. The van der Waals surface area contributed by atoms with Gasteiger partial charge in [0.15, 0.2) is 0 Å². The number of benzene rings is 2. The van der Waals surface area contributed by atoms with Crippen molar-refractivity contribution in [3.05, 3.63) is 77.6 Å². The molecule has 0 aliphatic heterocycles. The van der Waals surface area contributed by atoms with Crippen molar-refractivity contribution < 1.29 is 13.5 Å². The molecule has 2 heterocycles. The van der Waals surface area contributed by atoms with Crippen LogP contribution in [0.15, 0.2) is 72.0 Å². The third-order valence-electron chi connectivity index (χ3n) is 6.24. The Hall–Kier alpha value is -3.69. The standard InChI is InChI=1S/C26H25ClF2N6O/c27-21-3-1-2-4-22(21)34-25(31)20-13-32-35-14-16(15-5-9-19(10-6-15)36-26(28)29)11-23(35)24(20)33-18-8-7-17(30)12-18/h1-6,9-11,13-14,17-18,26,33H,7-8,12,30H2,(H2,31,34)/t17-,18+/m0/s1. The average Bonchev–Trinajstić information content (AvgIpc) is 3.47. The Morgan fingerprint density at radius 1 is 1.14 bits per heavy atom. The highest BCUT2D eigenvalue weighted by Crippen LogP contribution is 2.33. The fourth-order valence-corrected chi connectivity index (χ4v) is 4.65. The van der Waals surface area contributed by atoms with Crippen molar-refractivity contribution in [1.29, 1.82) is 0 Å². The second kappa shape index (κ2) is 10.1. The van der Waals surface area contributed by atoms with Gasteiger partial charge in [-0.3, -0.25) is 0 Å². The molecule has 1 aliphatic carbocycles. The van der Waals surface area contributed by atoms with Crippen molar-refractivity contribution >= 4 is 34.3 Å². The minimum atomic E-state index is -2.87. The van der Waals surface area contributed by atoms with Crippen molar-refractivity contribution in [3.8, 4) is 16.9 Å². The molecule has 1 fully saturated rings. The number of nitrogens with zero attached hydrogens (tertiary/aromatic N) is 3. The number of alkyl halides is 2. The summed E-state index contributed by atoms with van der Waals surface area (Å²) in [6.45, 7) is -2.87. The molecule has 0 spiro atoms. The summed E-state index contributed by atoms with van der Waals surface area (Å²) in [7, 11) is 0. The van der Waals surface area contributed by atoms with E-state index in [-0.39, 0.29) is 23.7 Å². The molecule has 5 rings (SSSR count). The lowest BCUT2D eigenvalue weighted by Gasteiger charge is -2.18. The Kier molecular flexibility index (Phi) is 6.75. The molecular formula is C26H25ClF2N6O. The molecule has 0 amide bonds. The highest BCUT2D eigenvalue weighted by molar-refractivity contribution is 6.33. The molecule has 186 valence electrons. The summed E-state index contributed by atoms with van der Waals surface area (Å²) >= 11 is 6.29. The highest BCUT2D eigenvalue weighted by Gasteiger charge is 2.24. The zero-order valence-electron chi connectivity index (χ0n) is 19.2. The minimum absolute atomic E-state index is 0.0985. The molecule has 0 radical (unpaired) electrons. The van der Waals surface area contributed by atoms with Crippen LogP contribution in [-0.4, -0.2) is 34.1 Å². The lowest BCUT2D eigenvalue weighted by Crippen LogP contribution is -2.24. The van der Waals surface area contributed by atoms with Crippen molar-refractivity contribution in [3.63, 3.8) is 0 Å². The largest absolute Gasteiger partial charge is 0.435 e. The van der Waals surface area contributed by atoms with E-state index in [1.165, 1.54) is 12.1 Å². The summed E-state index contributed by atoms with van der Waals surface area (Å²) in [5.74, 6) is 0.376. The van der Waals surface area contributed by atoms with E-state index >= 15 is 0 Å². The van der Waals surface area contributed by atoms with E-state index in [0.717, 1.165) is 41.6 Å². The SMILES string of the molecule is NC(=Nc1ccccc1Cl)c1cnn2cc(-c3ccc(OC(F)F)cc3)cc2c1N[C@@H]1CC[C@H](N)C1. The van der Waals surface area contributed by atoms with Crippen molar-refractivity contribution in [1.82, 2.24) is 9.61 Å². The summed E-state index contributed by atoms with van der Waals surface area (Å²) in [6.07, 6.45) is 6.26. The number of anilines is 1. The van der Waals surface area contributed by atoms with Crippen molar-refractivity contribution in [2.75, 3.05) is 5.32 Å². The van der Waals surface area contributed by atoms with Crippen LogP contribution in [0.2, 0.25) is 5.02 Å². The van der Waals surface area contributed by atoms with E-state index in [1.54, 1.807) is 35.0 Å². The number of rotatable bonds is 7. The van der Waals surface area contributed by atoms with Crippen LogP contribution in [-0.2, 0) is 0 Å². The Labute approximate surface area is 211 Å². The topological polar surface area (TPSA) is 103 Å². The summed E-state index contributed by atoms with van der Waals surface area (Å²) in [6, 6.07) is 16.0. The van der Waals surface area contributed by atoms with Gasteiger partial charge in [-0.25, -0.2) is 9.51 Å². The molecule has 0 bridgehead atoms. The van der Waals surface area contributed by atoms with Gasteiger partial charge in [0.25, 0.3) is 0 Å². The number of ether oxygens (including phenoxy) is 1. The van der Waals surface area contributed by atoms with Gasteiger partial charge >= 0.3 is 6.61 Å². The Morgan fingerprint density at radius 3 is 2.61 bits per heavy atom. The van der Waals surface area contributed by atoms with Gasteiger partial charge in [-0.2, -0.15) is 13.9 Å². The Bertz CT molecular complexity index is 1410. The number of amidine groups is 1. The number of hydrogen-bond donors (Lipinski definition) is 3. The first kappa shape index (κ1) is 24.0. The number of aliphatic imine (C=N–C) groups is 1. The smallest absolute Gasteiger partial charge is 0.387 e. The number of halogens is 3.